The monoisotopic (exact) mass is 266 g/mol. The van der Waals surface area contributed by atoms with Gasteiger partial charge in [-0.3, -0.25) is 4.79 Å². The fourth-order valence-electron chi connectivity index (χ4n) is 1.29. The number of nitrogens with zero attached hydrogens (tertiary/aromatic N) is 1. The van der Waals surface area contributed by atoms with Crippen molar-refractivity contribution in [3.05, 3.63) is 0 Å². The van der Waals surface area contributed by atoms with Crippen LogP contribution < -0.4 is 4.72 Å². The first-order chi connectivity index (χ1) is 7.85. The van der Waals surface area contributed by atoms with E-state index in [1.807, 2.05) is 13.8 Å². The Morgan fingerprint density at radius 2 is 1.94 bits per heavy atom. The third-order valence-corrected chi connectivity index (χ3v) is 3.99. The summed E-state index contributed by atoms with van der Waals surface area (Å²) in [6.45, 7) is 4.17. The van der Waals surface area contributed by atoms with Gasteiger partial charge in [0.15, 0.2) is 0 Å². The van der Waals surface area contributed by atoms with Gasteiger partial charge in [-0.15, -0.1) is 0 Å². The fraction of sp³-hybridized carbons (Fsp3) is 0.900. The molecule has 0 unspecified atom stereocenters. The molecule has 6 nitrogen and oxygen atoms in total. The Morgan fingerprint density at radius 3 is 2.35 bits per heavy atom. The molecular formula is C10H22N2O4S. The predicted molar refractivity (Wildman–Crippen MR) is 65.9 cm³/mol. The van der Waals surface area contributed by atoms with Crippen molar-refractivity contribution in [3.63, 3.8) is 0 Å². The largest absolute Gasteiger partial charge is 0.480 e. The van der Waals surface area contributed by atoms with E-state index in [4.69, 9.17) is 5.11 Å². The van der Waals surface area contributed by atoms with Crippen LogP contribution in [-0.4, -0.2) is 43.4 Å². The Balaban J connectivity index is 4.54. The van der Waals surface area contributed by atoms with Gasteiger partial charge in [-0.1, -0.05) is 26.7 Å². The van der Waals surface area contributed by atoms with Gasteiger partial charge in [0.1, 0.15) is 6.04 Å². The molecule has 0 fully saturated rings. The van der Waals surface area contributed by atoms with Gasteiger partial charge in [-0.2, -0.15) is 17.4 Å². The zero-order valence-corrected chi connectivity index (χ0v) is 11.5. The lowest BCUT2D eigenvalue weighted by atomic mass is 10.2. The van der Waals surface area contributed by atoms with Crippen LogP contribution in [-0.2, 0) is 15.0 Å². The highest BCUT2D eigenvalue weighted by Crippen LogP contribution is 2.03. The maximum Gasteiger partial charge on any atom is 0.321 e. The molecule has 102 valence electrons. The van der Waals surface area contributed by atoms with E-state index in [9.17, 15) is 13.2 Å². The average molecular weight is 266 g/mol. The number of hydrogen-bond donors (Lipinski definition) is 2. The highest BCUT2D eigenvalue weighted by molar-refractivity contribution is 7.87. The smallest absolute Gasteiger partial charge is 0.321 e. The Labute approximate surface area is 103 Å². The first-order valence-electron chi connectivity index (χ1n) is 5.81. The van der Waals surface area contributed by atoms with Crippen molar-refractivity contribution in [1.82, 2.24) is 9.03 Å². The molecule has 17 heavy (non-hydrogen) atoms. The van der Waals surface area contributed by atoms with E-state index in [1.54, 1.807) is 0 Å². The summed E-state index contributed by atoms with van der Waals surface area (Å²) in [5.41, 5.74) is 0. The van der Waals surface area contributed by atoms with Crippen LogP contribution >= 0.6 is 0 Å². The Morgan fingerprint density at radius 1 is 1.35 bits per heavy atom. The van der Waals surface area contributed by atoms with Crippen LogP contribution in [0.25, 0.3) is 0 Å². The van der Waals surface area contributed by atoms with Crippen LogP contribution in [0.5, 0.6) is 0 Å². The summed E-state index contributed by atoms with van der Waals surface area (Å²) >= 11 is 0. The lowest BCUT2D eigenvalue weighted by molar-refractivity contribution is -0.139. The van der Waals surface area contributed by atoms with Gasteiger partial charge in [0.25, 0.3) is 10.2 Å². The predicted octanol–water partition coefficient (Wildman–Crippen LogP) is 0.806. The molecule has 0 aromatic carbocycles. The van der Waals surface area contributed by atoms with E-state index in [-0.39, 0.29) is 6.42 Å². The molecule has 0 saturated heterocycles. The standard InChI is InChI=1S/C10H22N2O4S/c1-4-6-8-12(3)17(15,16)11-9(7-5-2)10(13)14/h9,11H,4-8H2,1-3H3,(H,13,14)/t9-/m1/s1. The van der Waals surface area contributed by atoms with Gasteiger partial charge in [-0.25, -0.2) is 0 Å². The zero-order valence-electron chi connectivity index (χ0n) is 10.6. The summed E-state index contributed by atoms with van der Waals surface area (Å²) in [6, 6.07) is -1.05. The second kappa shape index (κ2) is 7.62. The van der Waals surface area contributed by atoms with E-state index >= 15 is 0 Å². The molecule has 0 aromatic heterocycles. The van der Waals surface area contributed by atoms with Crippen molar-refractivity contribution in [2.24, 2.45) is 0 Å². The van der Waals surface area contributed by atoms with Gasteiger partial charge in [0, 0.05) is 13.6 Å². The second-order valence-electron chi connectivity index (χ2n) is 3.98. The minimum atomic E-state index is -3.70. The molecule has 0 rings (SSSR count). The minimum Gasteiger partial charge on any atom is -0.480 e. The van der Waals surface area contributed by atoms with E-state index in [2.05, 4.69) is 4.72 Å². The Hall–Kier alpha value is -0.660. The molecule has 0 heterocycles. The molecule has 1 atom stereocenters. The molecule has 0 aromatic rings. The number of carbonyl (C=O) groups is 1. The van der Waals surface area contributed by atoms with Crippen LogP contribution in [0.1, 0.15) is 39.5 Å². The van der Waals surface area contributed by atoms with Gasteiger partial charge in [0.05, 0.1) is 0 Å². The highest BCUT2D eigenvalue weighted by Gasteiger charge is 2.25. The molecule has 0 radical (unpaired) electrons. The topological polar surface area (TPSA) is 86.7 Å². The molecule has 2 N–H and O–H groups in total. The Bertz CT molecular complexity index is 329. The third kappa shape index (κ3) is 5.99. The maximum atomic E-state index is 11.8. The van der Waals surface area contributed by atoms with Crippen LogP contribution in [0.2, 0.25) is 0 Å². The van der Waals surface area contributed by atoms with Gasteiger partial charge in [-0.05, 0) is 12.8 Å². The van der Waals surface area contributed by atoms with Gasteiger partial charge < -0.3 is 5.11 Å². The molecular weight excluding hydrogens is 244 g/mol. The van der Waals surface area contributed by atoms with Crippen molar-refractivity contribution in [3.8, 4) is 0 Å². The van der Waals surface area contributed by atoms with E-state index in [0.717, 1.165) is 17.1 Å². The summed E-state index contributed by atoms with van der Waals surface area (Å²) in [7, 11) is -2.25. The minimum absolute atomic E-state index is 0.288. The van der Waals surface area contributed by atoms with E-state index in [0.29, 0.717) is 13.0 Å². The van der Waals surface area contributed by atoms with Crippen LogP contribution in [0.4, 0.5) is 0 Å². The van der Waals surface area contributed by atoms with Gasteiger partial charge in [0.2, 0.25) is 0 Å². The quantitative estimate of drug-likeness (QED) is 0.646. The normalized spacial score (nSPS) is 13.9. The van der Waals surface area contributed by atoms with Gasteiger partial charge >= 0.3 is 5.97 Å². The molecule has 0 bridgehead atoms. The SMILES string of the molecule is CCCCN(C)S(=O)(=O)N[C@H](CCC)C(=O)O. The molecule has 0 amide bonds. The summed E-state index contributed by atoms with van der Waals surface area (Å²) in [6.07, 6.45) is 2.54. The lowest BCUT2D eigenvalue weighted by Gasteiger charge is -2.20. The number of carboxylic acids is 1. The maximum absolute atomic E-state index is 11.8. The molecule has 0 aliphatic rings. The Kier molecular flexibility index (Phi) is 7.33. The number of hydrogen-bond acceptors (Lipinski definition) is 3. The lowest BCUT2D eigenvalue weighted by Crippen LogP contribution is -2.47. The molecule has 0 aliphatic carbocycles. The first-order valence-corrected chi connectivity index (χ1v) is 7.25. The zero-order chi connectivity index (χ0) is 13.5. The van der Waals surface area contributed by atoms with Crippen LogP contribution in [0, 0.1) is 0 Å². The number of carboxylic acid groups (broad SMARTS) is 1. The third-order valence-electron chi connectivity index (χ3n) is 2.40. The van der Waals surface area contributed by atoms with Crippen molar-refractivity contribution < 1.29 is 18.3 Å². The molecule has 0 spiro atoms. The highest BCUT2D eigenvalue weighted by atomic mass is 32.2. The fourth-order valence-corrected chi connectivity index (χ4v) is 2.42. The summed E-state index contributed by atoms with van der Waals surface area (Å²) in [4.78, 5) is 10.9. The molecule has 0 saturated carbocycles. The van der Waals surface area contributed by atoms with E-state index in [1.165, 1.54) is 7.05 Å². The second-order valence-corrected chi connectivity index (χ2v) is 5.79. The van der Waals surface area contributed by atoms with Crippen LogP contribution in [0.3, 0.4) is 0 Å². The average Bonchev–Trinajstić information content (AvgIpc) is 2.24. The van der Waals surface area contributed by atoms with Crippen molar-refractivity contribution in [2.45, 2.75) is 45.6 Å². The molecule has 0 aliphatic heterocycles. The van der Waals surface area contributed by atoms with E-state index < -0.39 is 22.2 Å². The number of aliphatic carboxylic acids is 1. The number of nitrogens with one attached hydrogen (secondary N) is 1. The van der Waals surface area contributed by atoms with Crippen LogP contribution in [0.15, 0.2) is 0 Å². The van der Waals surface area contributed by atoms with Crippen molar-refractivity contribution in [2.75, 3.05) is 13.6 Å². The summed E-state index contributed by atoms with van der Waals surface area (Å²) in [5.74, 6) is -1.14. The van der Waals surface area contributed by atoms with Crippen molar-refractivity contribution in [1.29, 1.82) is 0 Å². The molecule has 7 heteroatoms. The number of unbranched alkanes of at least 4 members (excludes halogenated alkanes) is 1. The first kappa shape index (κ1) is 16.3. The number of rotatable bonds is 9. The summed E-state index contributed by atoms with van der Waals surface area (Å²) < 4.78 is 26.9. The summed E-state index contributed by atoms with van der Waals surface area (Å²) in [5, 5.41) is 8.88. The van der Waals surface area contributed by atoms with Crippen molar-refractivity contribution >= 4 is 16.2 Å².